The molecule has 0 N–H and O–H groups in total. The van der Waals surface area contributed by atoms with Gasteiger partial charge < -0.3 is 4.74 Å². The molecule has 3 nitrogen and oxygen atoms in total. The number of hydrogen-bond donors (Lipinski definition) is 0. The minimum Gasteiger partial charge on any atom is -0.497 e. The van der Waals surface area contributed by atoms with Gasteiger partial charge in [0, 0.05) is 5.02 Å². The second-order valence-corrected chi connectivity index (χ2v) is 7.48. The first-order valence-electron chi connectivity index (χ1n) is 5.82. The van der Waals surface area contributed by atoms with Crippen molar-refractivity contribution in [1.29, 1.82) is 0 Å². The van der Waals surface area contributed by atoms with E-state index >= 15 is 0 Å². The molecular weight excluding hydrogens is 272 g/mol. The van der Waals surface area contributed by atoms with Gasteiger partial charge in [-0.05, 0) is 30.5 Å². The Balaban J connectivity index is 2.98. The monoisotopic (exact) mass is 290 g/mol. The molecule has 0 unspecified atom stereocenters. The Hall–Kier alpha value is -0.740. The number of methoxy groups -OCH3 is 1. The largest absolute Gasteiger partial charge is 0.497 e. The molecule has 1 aromatic carbocycles. The van der Waals surface area contributed by atoms with E-state index in [2.05, 4.69) is 0 Å². The third-order valence-corrected chi connectivity index (χ3v) is 5.86. The normalized spacial score (nSPS) is 13.7. The van der Waals surface area contributed by atoms with Gasteiger partial charge in [-0.25, -0.2) is 8.42 Å². The van der Waals surface area contributed by atoms with Crippen molar-refractivity contribution in [3.63, 3.8) is 0 Å². The van der Waals surface area contributed by atoms with Crippen molar-refractivity contribution in [2.45, 2.75) is 31.8 Å². The van der Waals surface area contributed by atoms with E-state index in [-0.39, 0.29) is 16.9 Å². The fraction of sp³-hybridized carbons (Fsp3) is 0.538. The second kappa shape index (κ2) is 5.93. The fourth-order valence-electron chi connectivity index (χ4n) is 1.53. The average molecular weight is 291 g/mol. The molecule has 1 aromatic rings. The maximum Gasteiger partial charge on any atom is 0.157 e. The molecule has 0 radical (unpaired) electrons. The maximum absolute atomic E-state index is 12.2. The zero-order chi connectivity index (χ0) is 13.9. The highest BCUT2D eigenvalue weighted by molar-refractivity contribution is 7.91. The van der Waals surface area contributed by atoms with Crippen LogP contribution >= 0.6 is 11.6 Å². The van der Waals surface area contributed by atoms with Gasteiger partial charge in [-0.2, -0.15) is 0 Å². The molecule has 0 spiro atoms. The third kappa shape index (κ3) is 3.62. The molecule has 0 aliphatic carbocycles. The first-order chi connectivity index (χ1) is 8.27. The van der Waals surface area contributed by atoms with Gasteiger partial charge in [0.15, 0.2) is 9.84 Å². The summed E-state index contributed by atoms with van der Waals surface area (Å²) >= 11 is 6.05. The summed E-state index contributed by atoms with van der Waals surface area (Å²) in [4.78, 5) is 0. The molecule has 102 valence electrons. The molecule has 1 atom stereocenters. The van der Waals surface area contributed by atoms with Gasteiger partial charge in [0.1, 0.15) is 5.75 Å². The SMILES string of the molecule is COc1ccc(CS(=O)(=O)[C@@H](C)C(C)C)c(Cl)c1. The van der Waals surface area contributed by atoms with Crippen LogP contribution < -0.4 is 4.74 Å². The highest BCUT2D eigenvalue weighted by Gasteiger charge is 2.25. The minimum atomic E-state index is -3.18. The van der Waals surface area contributed by atoms with E-state index in [1.54, 1.807) is 32.2 Å². The molecule has 18 heavy (non-hydrogen) atoms. The predicted molar refractivity (Wildman–Crippen MR) is 74.9 cm³/mol. The third-order valence-electron chi connectivity index (χ3n) is 3.12. The Morgan fingerprint density at radius 2 is 1.89 bits per heavy atom. The molecule has 0 aromatic heterocycles. The van der Waals surface area contributed by atoms with E-state index in [0.717, 1.165) is 0 Å². The fourth-order valence-corrected chi connectivity index (χ4v) is 3.63. The average Bonchev–Trinajstić information content (AvgIpc) is 2.30. The summed E-state index contributed by atoms with van der Waals surface area (Å²) in [6, 6.07) is 5.05. The van der Waals surface area contributed by atoms with Crippen molar-refractivity contribution in [2.24, 2.45) is 5.92 Å². The number of benzene rings is 1. The molecule has 0 heterocycles. The van der Waals surface area contributed by atoms with Gasteiger partial charge >= 0.3 is 0 Å². The van der Waals surface area contributed by atoms with Gasteiger partial charge in [-0.3, -0.25) is 0 Å². The van der Waals surface area contributed by atoms with Crippen LogP contribution in [0, 0.1) is 5.92 Å². The van der Waals surface area contributed by atoms with Crippen molar-refractivity contribution in [3.05, 3.63) is 28.8 Å². The molecular formula is C13H19ClO3S. The highest BCUT2D eigenvalue weighted by atomic mass is 35.5. The summed E-state index contributed by atoms with van der Waals surface area (Å²) < 4.78 is 29.3. The summed E-state index contributed by atoms with van der Waals surface area (Å²) in [5, 5.41) is 0.0459. The number of hydrogen-bond acceptors (Lipinski definition) is 3. The minimum absolute atomic E-state index is 0.0326. The van der Waals surface area contributed by atoms with Crippen LogP contribution in [0.4, 0.5) is 0 Å². The number of ether oxygens (including phenoxy) is 1. The summed E-state index contributed by atoms with van der Waals surface area (Å²) in [7, 11) is -1.64. The van der Waals surface area contributed by atoms with E-state index in [1.807, 2.05) is 13.8 Å². The van der Waals surface area contributed by atoms with Crippen LogP contribution in [-0.2, 0) is 15.6 Å². The number of sulfone groups is 1. The zero-order valence-corrected chi connectivity index (χ0v) is 12.7. The van der Waals surface area contributed by atoms with Gasteiger partial charge in [0.25, 0.3) is 0 Å². The molecule has 1 rings (SSSR count). The maximum atomic E-state index is 12.2. The van der Waals surface area contributed by atoms with Crippen molar-refractivity contribution >= 4 is 21.4 Å². The lowest BCUT2D eigenvalue weighted by Gasteiger charge is -2.17. The van der Waals surface area contributed by atoms with E-state index in [1.165, 1.54) is 0 Å². The molecule has 0 aliphatic heterocycles. The molecule has 0 fully saturated rings. The van der Waals surface area contributed by atoms with E-state index in [4.69, 9.17) is 16.3 Å². The van der Waals surface area contributed by atoms with Crippen LogP contribution in [0.15, 0.2) is 18.2 Å². The molecule has 0 amide bonds. The number of halogens is 1. The Bertz CT molecular complexity index is 509. The van der Waals surface area contributed by atoms with E-state index < -0.39 is 9.84 Å². The van der Waals surface area contributed by atoms with Crippen LogP contribution in [0.2, 0.25) is 5.02 Å². The second-order valence-electron chi connectivity index (χ2n) is 4.71. The number of rotatable bonds is 5. The van der Waals surface area contributed by atoms with Crippen molar-refractivity contribution < 1.29 is 13.2 Å². The smallest absolute Gasteiger partial charge is 0.157 e. The summed E-state index contributed by atoms with van der Waals surface area (Å²) in [6.07, 6.45) is 0. The lowest BCUT2D eigenvalue weighted by atomic mass is 10.2. The van der Waals surface area contributed by atoms with E-state index in [0.29, 0.717) is 16.3 Å². The van der Waals surface area contributed by atoms with Crippen LogP contribution in [0.5, 0.6) is 5.75 Å². The van der Waals surface area contributed by atoms with Crippen LogP contribution in [-0.4, -0.2) is 20.8 Å². The van der Waals surface area contributed by atoms with Crippen molar-refractivity contribution in [2.75, 3.05) is 7.11 Å². The van der Waals surface area contributed by atoms with Gasteiger partial charge in [0.2, 0.25) is 0 Å². The quantitative estimate of drug-likeness (QED) is 0.835. The van der Waals surface area contributed by atoms with Gasteiger partial charge in [-0.15, -0.1) is 0 Å². The van der Waals surface area contributed by atoms with Crippen LogP contribution in [0.3, 0.4) is 0 Å². The first kappa shape index (κ1) is 15.3. The standard InChI is InChI=1S/C13H19ClO3S/c1-9(2)10(3)18(15,16)8-11-5-6-12(17-4)7-13(11)14/h5-7,9-10H,8H2,1-4H3/t10-/m0/s1. The molecule has 0 saturated carbocycles. The molecule has 0 aliphatic rings. The van der Waals surface area contributed by atoms with Crippen LogP contribution in [0.25, 0.3) is 0 Å². The summed E-state index contributed by atoms with van der Waals surface area (Å²) in [5.74, 6) is 0.680. The van der Waals surface area contributed by atoms with E-state index in [9.17, 15) is 8.42 Å². The first-order valence-corrected chi connectivity index (χ1v) is 7.91. The lowest BCUT2D eigenvalue weighted by molar-refractivity contribution is 0.414. The summed E-state index contributed by atoms with van der Waals surface area (Å²) in [5.41, 5.74) is 0.616. The highest BCUT2D eigenvalue weighted by Crippen LogP contribution is 2.26. The predicted octanol–water partition coefficient (Wildman–Crippen LogP) is 3.31. The Kier molecular flexibility index (Phi) is 5.05. The Labute approximate surface area is 114 Å². The van der Waals surface area contributed by atoms with Crippen LogP contribution in [0.1, 0.15) is 26.3 Å². The lowest BCUT2D eigenvalue weighted by Crippen LogP contribution is -2.24. The Morgan fingerprint density at radius 3 is 2.33 bits per heavy atom. The molecule has 0 bridgehead atoms. The topological polar surface area (TPSA) is 43.4 Å². The van der Waals surface area contributed by atoms with Gasteiger partial charge in [-0.1, -0.05) is 31.5 Å². The van der Waals surface area contributed by atoms with Crippen molar-refractivity contribution in [3.8, 4) is 5.75 Å². The zero-order valence-electron chi connectivity index (χ0n) is 11.1. The van der Waals surface area contributed by atoms with Gasteiger partial charge in [0.05, 0.1) is 18.1 Å². The van der Waals surface area contributed by atoms with Crippen molar-refractivity contribution in [1.82, 2.24) is 0 Å². The molecule has 0 saturated heterocycles. The Morgan fingerprint density at radius 1 is 1.28 bits per heavy atom. The molecule has 5 heteroatoms. The summed E-state index contributed by atoms with van der Waals surface area (Å²) in [6.45, 7) is 5.53.